The van der Waals surface area contributed by atoms with Crippen LogP contribution < -0.4 is 5.32 Å². The van der Waals surface area contributed by atoms with Gasteiger partial charge in [-0.15, -0.1) is 0 Å². The number of rotatable bonds is 3. The molecule has 92 valence electrons. The Hall–Kier alpha value is -1.56. The first kappa shape index (κ1) is 13.5. The molecule has 0 saturated carbocycles. The van der Waals surface area contributed by atoms with Crippen molar-refractivity contribution in [2.45, 2.75) is 13.0 Å². The van der Waals surface area contributed by atoms with E-state index in [4.69, 9.17) is 0 Å². The number of phenols is 1. The molecule has 0 radical (unpaired) electrons. The van der Waals surface area contributed by atoms with E-state index in [1.165, 1.54) is 26.2 Å². The van der Waals surface area contributed by atoms with Crippen LogP contribution in [0.2, 0.25) is 0 Å². The highest BCUT2D eigenvalue weighted by atomic mass is 79.9. The van der Waals surface area contributed by atoms with Gasteiger partial charge in [-0.3, -0.25) is 4.79 Å². The fraction of sp³-hybridized carbons (Fsp3) is 0.273. The monoisotopic (exact) mass is 301 g/mol. The molecule has 0 aromatic heterocycles. The molecule has 1 aromatic carbocycles. The zero-order valence-corrected chi connectivity index (χ0v) is 10.9. The third-order valence-electron chi connectivity index (χ3n) is 2.11. The van der Waals surface area contributed by atoms with E-state index < -0.39 is 17.9 Å². The molecule has 2 N–H and O–H groups in total. The molecule has 1 aromatic rings. The van der Waals surface area contributed by atoms with E-state index in [-0.39, 0.29) is 11.3 Å². The maximum Gasteiger partial charge on any atom is 0.328 e. The van der Waals surface area contributed by atoms with Gasteiger partial charge in [-0.25, -0.2) is 4.79 Å². The van der Waals surface area contributed by atoms with Crippen LogP contribution in [0.4, 0.5) is 0 Å². The Morgan fingerprint density at radius 1 is 1.47 bits per heavy atom. The number of benzene rings is 1. The van der Waals surface area contributed by atoms with Crippen LogP contribution in [0.5, 0.6) is 5.75 Å². The summed E-state index contributed by atoms with van der Waals surface area (Å²) in [5.41, 5.74) is 0.101. The van der Waals surface area contributed by atoms with Gasteiger partial charge < -0.3 is 15.2 Å². The summed E-state index contributed by atoms with van der Waals surface area (Å²) < 4.78 is 5.13. The summed E-state index contributed by atoms with van der Waals surface area (Å²) in [5, 5.41) is 12.0. The number of hydrogen-bond donors (Lipinski definition) is 2. The zero-order chi connectivity index (χ0) is 13.0. The van der Waals surface area contributed by atoms with Crippen LogP contribution in [0.1, 0.15) is 17.3 Å². The lowest BCUT2D eigenvalue weighted by Crippen LogP contribution is -2.39. The number of phenolic OH excluding ortho intramolecular Hbond substituents is 1. The average molecular weight is 302 g/mol. The first-order chi connectivity index (χ1) is 7.95. The number of ether oxygens (including phenoxy) is 1. The summed E-state index contributed by atoms with van der Waals surface area (Å²) >= 11 is 3.16. The van der Waals surface area contributed by atoms with Crippen LogP contribution in [0.25, 0.3) is 0 Å². The predicted octanol–water partition coefficient (Wildman–Crippen LogP) is 1.45. The first-order valence-electron chi connectivity index (χ1n) is 4.83. The predicted molar refractivity (Wildman–Crippen MR) is 64.8 cm³/mol. The maximum atomic E-state index is 11.7. The molecular formula is C11H12BrNO4. The molecule has 1 amide bonds. The number of esters is 1. The topological polar surface area (TPSA) is 75.6 Å². The molecule has 0 aliphatic carbocycles. The molecule has 0 aliphatic heterocycles. The third-order valence-corrected chi connectivity index (χ3v) is 2.60. The highest BCUT2D eigenvalue weighted by molar-refractivity contribution is 9.10. The Bertz CT molecular complexity index is 447. The summed E-state index contributed by atoms with van der Waals surface area (Å²) in [5.74, 6) is -1.24. The number of carbonyl (C=O) groups excluding carboxylic acids is 2. The quantitative estimate of drug-likeness (QED) is 0.829. The number of hydrogen-bond acceptors (Lipinski definition) is 4. The lowest BCUT2D eigenvalue weighted by Gasteiger charge is -2.12. The lowest BCUT2D eigenvalue weighted by molar-refractivity contribution is -0.142. The standard InChI is InChI=1S/C11H12BrNO4/c1-6(11(16)17-2)13-10(15)8-4-3-7(12)5-9(8)14/h3-6,14H,1-2H3,(H,13,15). The normalized spacial score (nSPS) is 11.7. The Balaban J connectivity index is 2.80. The summed E-state index contributed by atoms with van der Waals surface area (Å²) in [7, 11) is 1.24. The molecule has 0 fully saturated rings. The van der Waals surface area contributed by atoms with E-state index >= 15 is 0 Å². The van der Waals surface area contributed by atoms with Crippen LogP contribution in [-0.4, -0.2) is 30.1 Å². The SMILES string of the molecule is COC(=O)C(C)NC(=O)c1ccc(Br)cc1O. The molecule has 0 spiro atoms. The van der Waals surface area contributed by atoms with E-state index in [9.17, 15) is 14.7 Å². The van der Waals surface area contributed by atoms with Gasteiger partial charge in [0.2, 0.25) is 0 Å². The minimum Gasteiger partial charge on any atom is -0.507 e. The van der Waals surface area contributed by atoms with E-state index in [1.807, 2.05) is 0 Å². The first-order valence-corrected chi connectivity index (χ1v) is 5.62. The molecule has 17 heavy (non-hydrogen) atoms. The highest BCUT2D eigenvalue weighted by Gasteiger charge is 2.18. The van der Waals surface area contributed by atoms with Crippen LogP contribution in [0, 0.1) is 0 Å². The van der Waals surface area contributed by atoms with Crippen molar-refractivity contribution < 1.29 is 19.4 Å². The Kier molecular flexibility index (Phi) is 4.51. The van der Waals surface area contributed by atoms with Crippen molar-refractivity contribution in [2.24, 2.45) is 0 Å². The average Bonchev–Trinajstić information content (AvgIpc) is 2.27. The van der Waals surface area contributed by atoms with Crippen LogP contribution in [0.15, 0.2) is 22.7 Å². The van der Waals surface area contributed by atoms with Gasteiger partial charge in [-0.05, 0) is 25.1 Å². The van der Waals surface area contributed by atoms with E-state index in [2.05, 4.69) is 26.0 Å². The Morgan fingerprint density at radius 3 is 2.65 bits per heavy atom. The zero-order valence-electron chi connectivity index (χ0n) is 9.36. The molecule has 0 heterocycles. The van der Waals surface area contributed by atoms with Crippen molar-refractivity contribution in [1.29, 1.82) is 0 Å². The Labute approximate surface area is 107 Å². The van der Waals surface area contributed by atoms with Crippen molar-refractivity contribution in [1.82, 2.24) is 5.32 Å². The molecule has 0 aliphatic rings. The van der Waals surface area contributed by atoms with E-state index in [0.29, 0.717) is 4.47 Å². The fourth-order valence-corrected chi connectivity index (χ4v) is 1.56. The van der Waals surface area contributed by atoms with Gasteiger partial charge in [-0.2, -0.15) is 0 Å². The summed E-state index contributed by atoms with van der Waals surface area (Å²) in [6.45, 7) is 1.50. The van der Waals surface area contributed by atoms with Crippen LogP contribution in [0.3, 0.4) is 0 Å². The lowest BCUT2D eigenvalue weighted by atomic mass is 10.2. The summed E-state index contributed by atoms with van der Waals surface area (Å²) in [6.07, 6.45) is 0. The fourth-order valence-electron chi connectivity index (χ4n) is 1.21. The van der Waals surface area contributed by atoms with Gasteiger partial charge in [-0.1, -0.05) is 15.9 Å². The summed E-state index contributed by atoms with van der Waals surface area (Å²) in [4.78, 5) is 22.8. The van der Waals surface area contributed by atoms with Gasteiger partial charge in [0.15, 0.2) is 0 Å². The van der Waals surface area contributed by atoms with Gasteiger partial charge >= 0.3 is 5.97 Å². The second-order valence-electron chi connectivity index (χ2n) is 3.38. The number of aromatic hydroxyl groups is 1. The second-order valence-corrected chi connectivity index (χ2v) is 4.30. The number of methoxy groups -OCH3 is 1. The van der Waals surface area contributed by atoms with E-state index in [1.54, 1.807) is 6.07 Å². The third kappa shape index (κ3) is 3.45. The largest absolute Gasteiger partial charge is 0.507 e. The second kappa shape index (κ2) is 5.67. The molecule has 6 heteroatoms. The molecule has 1 atom stereocenters. The van der Waals surface area contributed by atoms with Crippen molar-refractivity contribution in [3.63, 3.8) is 0 Å². The van der Waals surface area contributed by atoms with Gasteiger partial charge in [0, 0.05) is 4.47 Å². The van der Waals surface area contributed by atoms with Crippen molar-refractivity contribution in [2.75, 3.05) is 7.11 Å². The molecule has 5 nitrogen and oxygen atoms in total. The minimum atomic E-state index is -0.768. The van der Waals surface area contributed by atoms with Crippen LogP contribution in [-0.2, 0) is 9.53 Å². The van der Waals surface area contributed by atoms with Crippen molar-refractivity contribution in [3.8, 4) is 5.75 Å². The van der Waals surface area contributed by atoms with Gasteiger partial charge in [0.25, 0.3) is 5.91 Å². The molecule has 1 unspecified atom stereocenters. The van der Waals surface area contributed by atoms with Crippen LogP contribution >= 0.6 is 15.9 Å². The van der Waals surface area contributed by atoms with Crippen molar-refractivity contribution >= 4 is 27.8 Å². The van der Waals surface area contributed by atoms with E-state index in [0.717, 1.165) is 0 Å². The molecule has 1 rings (SSSR count). The highest BCUT2D eigenvalue weighted by Crippen LogP contribution is 2.22. The molecule has 0 saturated heterocycles. The maximum absolute atomic E-state index is 11.7. The Morgan fingerprint density at radius 2 is 2.12 bits per heavy atom. The number of carbonyl (C=O) groups is 2. The molecule has 0 bridgehead atoms. The molecular weight excluding hydrogens is 290 g/mol. The van der Waals surface area contributed by atoms with Crippen molar-refractivity contribution in [3.05, 3.63) is 28.2 Å². The number of nitrogens with one attached hydrogen (secondary N) is 1. The summed E-state index contributed by atoms with van der Waals surface area (Å²) in [6, 6.07) is 3.71. The van der Waals surface area contributed by atoms with Gasteiger partial charge in [0.1, 0.15) is 11.8 Å². The van der Waals surface area contributed by atoms with Gasteiger partial charge in [0.05, 0.1) is 12.7 Å². The minimum absolute atomic E-state index is 0.101. The smallest absolute Gasteiger partial charge is 0.328 e. The number of amides is 1. The number of halogens is 1.